The Morgan fingerprint density at radius 3 is 2.77 bits per heavy atom. The number of nitrogens with one attached hydrogen (secondary N) is 1. The standard InChI is InChI=1S/C24H18N6O/c1-30-23(18-9-6-14-4-2-3-5-16(14)20(18)11-25)21(13-27-30)15-7-8-17-19(10-15)24(31)29-28-22(17)12-26/h2-10,13H,12,26H2,1H3,(H,29,31)/i12D2. The van der Waals surface area contributed by atoms with Gasteiger partial charge in [0.25, 0.3) is 5.56 Å². The summed E-state index contributed by atoms with van der Waals surface area (Å²) in [4.78, 5) is 12.5. The highest BCUT2D eigenvalue weighted by atomic mass is 16.1. The zero-order chi connectivity index (χ0) is 23.3. The largest absolute Gasteiger partial charge is 0.325 e. The van der Waals surface area contributed by atoms with Gasteiger partial charge in [0.05, 0.1) is 28.5 Å². The van der Waals surface area contributed by atoms with Gasteiger partial charge in [-0.3, -0.25) is 9.48 Å². The fourth-order valence-corrected chi connectivity index (χ4v) is 4.00. The van der Waals surface area contributed by atoms with E-state index >= 15 is 0 Å². The Bertz CT molecular complexity index is 1660. The summed E-state index contributed by atoms with van der Waals surface area (Å²) in [5, 5.41) is 22.9. The third kappa shape index (κ3) is 2.89. The van der Waals surface area contributed by atoms with Crippen molar-refractivity contribution in [2.24, 2.45) is 12.8 Å². The zero-order valence-corrected chi connectivity index (χ0v) is 16.5. The highest BCUT2D eigenvalue weighted by Crippen LogP contribution is 2.37. The minimum absolute atomic E-state index is 0.0450. The number of benzene rings is 3. The average molecular weight is 408 g/mol. The van der Waals surface area contributed by atoms with Crippen LogP contribution in [0.5, 0.6) is 0 Å². The predicted molar refractivity (Wildman–Crippen MR) is 120 cm³/mol. The third-order valence-electron chi connectivity index (χ3n) is 5.47. The van der Waals surface area contributed by atoms with Crippen LogP contribution in [-0.4, -0.2) is 20.0 Å². The van der Waals surface area contributed by atoms with E-state index in [2.05, 4.69) is 21.4 Å². The topological polar surface area (TPSA) is 113 Å². The van der Waals surface area contributed by atoms with E-state index in [-0.39, 0.29) is 11.1 Å². The molecule has 0 saturated heterocycles. The number of fused-ring (bicyclic) bond motifs is 2. The van der Waals surface area contributed by atoms with Gasteiger partial charge < -0.3 is 5.73 Å². The maximum atomic E-state index is 12.5. The van der Waals surface area contributed by atoms with Gasteiger partial charge >= 0.3 is 0 Å². The molecule has 0 aliphatic heterocycles. The number of aromatic nitrogens is 4. The van der Waals surface area contributed by atoms with Crippen molar-refractivity contribution in [2.45, 2.75) is 6.50 Å². The lowest BCUT2D eigenvalue weighted by Crippen LogP contribution is -2.13. The molecule has 5 aromatic rings. The van der Waals surface area contributed by atoms with E-state index in [4.69, 9.17) is 8.48 Å². The molecule has 0 atom stereocenters. The molecule has 0 unspecified atom stereocenters. The van der Waals surface area contributed by atoms with Crippen LogP contribution in [0.4, 0.5) is 0 Å². The first kappa shape index (κ1) is 16.5. The second-order valence-electron chi connectivity index (χ2n) is 7.16. The van der Waals surface area contributed by atoms with Crippen LogP contribution in [0.3, 0.4) is 0 Å². The Morgan fingerprint density at radius 1 is 1.13 bits per heavy atom. The Labute approximate surface area is 180 Å². The summed E-state index contributed by atoms with van der Waals surface area (Å²) in [6, 6.07) is 19.0. The Balaban J connectivity index is 1.77. The predicted octanol–water partition coefficient (Wildman–Crippen LogP) is 3.47. The number of aromatic amines is 1. The van der Waals surface area contributed by atoms with Crippen molar-refractivity contribution in [2.75, 3.05) is 0 Å². The van der Waals surface area contributed by atoms with Gasteiger partial charge in [-0.05, 0) is 17.0 Å². The molecular weight excluding hydrogens is 388 g/mol. The molecule has 0 amide bonds. The maximum Gasteiger partial charge on any atom is 0.272 e. The van der Waals surface area contributed by atoms with E-state index in [0.717, 1.165) is 27.6 Å². The molecule has 0 bridgehead atoms. The summed E-state index contributed by atoms with van der Waals surface area (Å²) < 4.78 is 17.3. The summed E-state index contributed by atoms with van der Waals surface area (Å²) in [5.41, 5.74) is 8.55. The summed E-state index contributed by atoms with van der Waals surface area (Å²) in [7, 11) is 1.80. The molecule has 7 nitrogen and oxygen atoms in total. The van der Waals surface area contributed by atoms with E-state index in [1.165, 1.54) is 0 Å². The first-order chi connectivity index (χ1) is 15.8. The fraction of sp³-hybridized carbons (Fsp3) is 0.0833. The molecule has 31 heavy (non-hydrogen) atoms. The van der Waals surface area contributed by atoms with E-state index in [1.807, 2.05) is 36.4 Å². The minimum Gasteiger partial charge on any atom is -0.325 e. The molecule has 0 fully saturated rings. The van der Waals surface area contributed by atoms with Crippen LogP contribution < -0.4 is 11.3 Å². The Hall–Kier alpha value is -4.28. The summed E-state index contributed by atoms with van der Waals surface area (Å²) >= 11 is 0. The molecule has 3 aromatic carbocycles. The molecule has 5 rings (SSSR count). The van der Waals surface area contributed by atoms with E-state index in [0.29, 0.717) is 16.5 Å². The van der Waals surface area contributed by atoms with Crippen molar-refractivity contribution in [1.29, 1.82) is 5.26 Å². The Morgan fingerprint density at radius 2 is 1.97 bits per heavy atom. The minimum atomic E-state index is -2.21. The number of rotatable bonds is 3. The number of hydrogen-bond acceptors (Lipinski definition) is 5. The second kappa shape index (κ2) is 7.20. The van der Waals surface area contributed by atoms with Crippen molar-refractivity contribution in [1.82, 2.24) is 20.0 Å². The van der Waals surface area contributed by atoms with Crippen LogP contribution in [0.1, 0.15) is 14.0 Å². The van der Waals surface area contributed by atoms with Gasteiger partial charge in [-0.15, -0.1) is 0 Å². The third-order valence-corrected chi connectivity index (χ3v) is 5.47. The van der Waals surface area contributed by atoms with Crippen molar-refractivity contribution in [3.05, 3.63) is 82.4 Å². The summed E-state index contributed by atoms with van der Waals surface area (Å²) in [6.07, 6.45) is 1.69. The van der Waals surface area contributed by atoms with Crippen LogP contribution in [-0.2, 0) is 13.5 Å². The highest BCUT2D eigenvalue weighted by Gasteiger charge is 2.19. The molecular formula is C24H18N6O. The lowest BCUT2D eigenvalue weighted by atomic mass is 9.93. The molecule has 7 heteroatoms. The van der Waals surface area contributed by atoms with Crippen molar-refractivity contribution < 1.29 is 2.74 Å². The summed E-state index contributed by atoms with van der Waals surface area (Å²) in [5.74, 6) is 0. The molecule has 0 radical (unpaired) electrons. The van der Waals surface area contributed by atoms with Gasteiger partial charge in [0.15, 0.2) is 0 Å². The first-order valence-corrected chi connectivity index (χ1v) is 9.56. The number of nitriles is 1. The first-order valence-electron chi connectivity index (χ1n) is 10.6. The van der Waals surface area contributed by atoms with E-state index in [1.54, 1.807) is 36.1 Å². The number of nitrogens with two attached hydrogens (primary N) is 1. The molecule has 0 aliphatic rings. The lowest BCUT2D eigenvalue weighted by Gasteiger charge is -2.12. The average Bonchev–Trinajstić information content (AvgIpc) is 3.18. The molecule has 2 heterocycles. The highest BCUT2D eigenvalue weighted by molar-refractivity contribution is 5.97. The van der Waals surface area contributed by atoms with Crippen LogP contribution >= 0.6 is 0 Å². The monoisotopic (exact) mass is 408 g/mol. The van der Waals surface area contributed by atoms with Crippen LogP contribution in [0.2, 0.25) is 0 Å². The van der Waals surface area contributed by atoms with E-state index < -0.39 is 12.1 Å². The van der Waals surface area contributed by atoms with Crippen molar-refractivity contribution >= 4 is 21.5 Å². The van der Waals surface area contributed by atoms with Gasteiger partial charge in [-0.25, -0.2) is 5.10 Å². The number of nitrogens with zero attached hydrogens (tertiary/aromatic N) is 4. The molecule has 0 saturated carbocycles. The normalized spacial score (nSPS) is 12.5. The number of aryl methyl sites for hydroxylation is 1. The molecule has 150 valence electrons. The van der Waals surface area contributed by atoms with Gasteiger partial charge in [0, 0.05) is 38.2 Å². The van der Waals surface area contributed by atoms with Gasteiger partial charge in [-0.1, -0.05) is 48.5 Å². The molecule has 2 aromatic heterocycles. The quantitative estimate of drug-likeness (QED) is 0.474. The number of H-pyrrole nitrogens is 1. The molecule has 3 N–H and O–H groups in total. The Kier molecular flexibility index (Phi) is 3.83. The van der Waals surface area contributed by atoms with Crippen LogP contribution in [0.15, 0.2) is 65.6 Å². The second-order valence-corrected chi connectivity index (χ2v) is 7.16. The van der Waals surface area contributed by atoms with Gasteiger partial charge in [-0.2, -0.15) is 15.5 Å². The molecule has 0 aliphatic carbocycles. The van der Waals surface area contributed by atoms with Crippen molar-refractivity contribution in [3.63, 3.8) is 0 Å². The number of hydrogen-bond donors (Lipinski definition) is 2. The SMILES string of the molecule is [2H]C([2H])(N)c1n[nH]c(=O)c2cc(-c3cnn(C)c3-c3ccc4ccccc4c3C#N)ccc12. The fourth-order valence-electron chi connectivity index (χ4n) is 4.00. The van der Waals surface area contributed by atoms with Crippen LogP contribution in [0.25, 0.3) is 43.9 Å². The maximum absolute atomic E-state index is 12.5. The van der Waals surface area contributed by atoms with Crippen molar-refractivity contribution in [3.8, 4) is 28.5 Å². The van der Waals surface area contributed by atoms with Gasteiger partial charge in [0.2, 0.25) is 0 Å². The van der Waals surface area contributed by atoms with Gasteiger partial charge in [0.1, 0.15) is 6.07 Å². The zero-order valence-electron chi connectivity index (χ0n) is 18.5. The smallest absolute Gasteiger partial charge is 0.272 e. The molecule has 0 spiro atoms. The lowest BCUT2D eigenvalue weighted by molar-refractivity contribution is 0.776. The van der Waals surface area contributed by atoms with E-state index in [9.17, 15) is 10.1 Å². The van der Waals surface area contributed by atoms with Crippen LogP contribution in [0, 0.1) is 11.3 Å². The summed E-state index contributed by atoms with van der Waals surface area (Å²) in [6.45, 7) is -2.21.